The fourth-order valence-corrected chi connectivity index (χ4v) is 1.66. The van der Waals surface area contributed by atoms with Crippen LogP contribution in [0.25, 0.3) is 0 Å². The van der Waals surface area contributed by atoms with Crippen LogP contribution in [0.5, 0.6) is 5.75 Å². The molecule has 3 nitrogen and oxygen atoms in total. The fraction of sp³-hybridized carbons (Fsp3) is 0.538. The van der Waals surface area contributed by atoms with Gasteiger partial charge in [0, 0.05) is 36.4 Å². The molecule has 0 saturated heterocycles. The first-order valence-corrected chi connectivity index (χ1v) is 5.78. The van der Waals surface area contributed by atoms with E-state index in [1.165, 1.54) is 0 Å². The summed E-state index contributed by atoms with van der Waals surface area (Å²) in [6, 6.07) is 6.01. The van der Waals surface area contributed by atoms with E-state index >= 15 is 0 Å². The quantitative estimate of drug-likeness (QED) is 0.823. The molecule has 0 heterocycles. The summed E-state index contributed by atoms with van der Waals surface area (Å²) in [5, 5.41) is 9.86. The minimum Gasteiger partial charge on any atom is -0.508 e. The number of phenols is 1. The van der Waals surface area contributed by atoms with Gasteiger partial charge < -0.3 is 15.7 Å². The molecule has 0 aliphatic carbocycles. The van der Waals surface area contributed by atoms with Crippen molar-refractivity contribution in [3.05, 3.63) is 23.8 Å². The molecule has 0 aliphatic rings. The molecule has 0 fully saturated rings. The van der Waals surface area contributed by atoms with Gasteiger partial charge in [0.05, 0.1) is 0 Å². The lowest BCUT2D eigenvalue weighted by atomic mass is 10.1. The predicted octanol–water partition coefficient (Wildman–Crippen LogP) is 2.65. The first-order chi connectivity index (χ1) is 7.47. The minimum absolute atomic E-state index is 0.136. The van der Waals surface area contributed by atoms with Gasteiger partial charge in [0.2, 0.25) is 0 Å². The summed E-state index contributed by atoms with van der Waals surface area (Å²) < 4.78 is 0. The summed E-state index contributed by atoms with van der Waals surface area (Å²) in [6.45, 7) is 6.18. The molecule has 0 aromatic heterocycles. The standard InChI is InChI=1S/C13H22N2O/c1-5-9(2)15(4)11-6-7-12(10(3)14)13(16)8-11/h6-10,16H,5,14H2,1-4H3. The van der Waals surface area contributed by atoms with E-state index in [0.29, 0.717) is 6.04 Å². The van der Waals surface area contributed by atoms with Crippen LogP contribution in [0.2, 0.25) is 0 Å². The van der Waals surface area contributed by atoms with Crippen LogP contribution in [-0.4, -0.2) is 18.2 Å². The molecule has 3 N–H and O–H groups in total. The molecule has 16 heavy (non-hydrogen) atoms. The zero-order valence-electron chi connectivity index (χ0n) is 10.6. The van der Waals surface area contributed by atoms with Gasteiger partial charge >= 0.3 is 0 Å². The number of phenolic OH excluding ortho intramolecular Hbond substituents is 1. The van der Waals surface area contributed by atoms with Crippen LogP contribution in [0, 0.1) is 0 Å². The van der Waals surface area contributed by atoms with Gasteiger partial charge in [-0.1, -0.05) is 13.0 Å². The van der Waals surface area contributed by atoms with Gasteiger partial charge in [-0.2, -0.15) is 0 Å². The van der Waals surface area contributed by atoms with Crippen molar-refractivity contribution < 1.29 is 5.11 Å². The molecule has 2 atom stereocenters. The van der Waals surface area contributed by atoms with Crippen LogP contribution in [0.1, 0.15) is 38.8 Å². The van der Waals surface area contributed by atoms with Crippen LogP contribution >= 0.6 is 0 Å². The summed E-state index contributed by atoms with van der Waals surface area (Å²) in [4.78, 5) is 2.16. The molecule has 3 heteroatoms. The summed E-state index contributed by atoms with van der Waals surface area (Å²) in [6.07, 6.45) is 1.08. The van der Waals surface area contributed by atoms with E-state index in [0.717, 1.165) is 17.7 Å². The van der Waals surface area contributed by atoms with E-state index in [1.807, 2.05) is 26.1 Å². The first kappa shape index (κ1) is 12.8. The Balaban J connectivity index is 2.97. The van der Waals surface area contributed by atoms with Crippen LogP contribution in [0.15, 0.2) is 18.2 Å². The molecule has 1 aromatic carbocycles. The molecule has 2 unspecified atom stereocenters. The van der Waals surface area contributed by atoms with E-state index < -0.39 is 0 Å². The minimum atomic E-state index is -0.136. The molecule has 1 rings (SSSR count). The average Bonchev–Trinajstić information content (AvgIpc) is 2.26. The molecule has 0 amide bonds. The first-order valence-electron chi connectivity index (χ1n) is 5.78. The van der Waals surface area contributed by atoms with E-state index in [2.05, 4.69) is 18.7 Å². The maximum Gasteiger partial charge on any atom is 0.122 e. The number of anilines is 1. The zero-order chi connectivity index (χ0) is 12.3. The highest BCUT2D eigenvalue weighted by Gasteiger charge is 2.11. The van der Waals surface area contributed by atoms with E-state index in [1.54, 1.807) is 6.07 Å². The molecular formula is C13H22N2O. The molecule has 0 saturated carbocycles. The van der Waals surface area contributed by atoms with Crippen LogP contribution in [0.3, 0.4) is 0 Å². The molecule has 90 valence electrons. The highest BCUT2D eigenvalue weighted by Crippen LogP contribution is 2.28. The number of rotatable bonds is 4. The topological polar surface area (TPSA) is 49.5 Å². The lowest BCUT2D eigenvalue weighted by Crippen LogP contribution is -2.27. The van der Waals surface area contributed by atoms with Crippen LogP contribution in [0.4, 0.5) is 5.69 Å². The summed E-state index contributed by atoms with van der Waals surface area (Å²) in [5.41, 5.74) is 7.57. The molecule has 0 spiro atoms. The van der Waals surface area contributed by atoms with Crippen LogP contribution in [-0.2, 0) is 0 Å². The maximum absolute atomic E-state index is 9.86. The second kappa shape index (κ2) is 5.21. The Kier molecular flexibility index (Phi) is 4.19. The third kappa shape index (κ3) is 2.67. The number of aromatic hydroxyl groups is 1. The van der Waals surface area contributed by atoms with E-state index in [4.69, 9.17) is 5.73 Å². The van der Waals surface area contributed by atoms with Gasteiger partial charge in [-0.3, -0.25) is 0 Å². The largest absolute Gasteiger partial charge is 0.508 e. The summed E-state index contributed by atoms with van der Waals surface area (Å²) >= 11 is 0. The predicted molar refractivity (Wildman–Crippen MR) is 68.9 cm³/mol. The average molecular weight is 222 g/mol. The smallest absolute Gasteiger partial charge is 0.122 e. The number of nitrogens with two attached hydrogens (primary N) is 1. The summed E-state index contributed by atoms with van der Waals surface area (Å²) in [5.74, 6) is 0.280. The SMILES string of the molecule is CCC(C)N(C)c1ccc(C(C)N)c(O)c1. The van der Waals surface area contributed by atoms with E-state index in [9.17, 15) is 5.11 Å². The molecule has 0 aliphatic heterocycles. The highest BCUT2D eigenvalue weighted by atomic mass is 16.3. The lowest BCUT2D eigenvalue weighted by Gasteiger charge is -2.26. The molecule has 0 bridgehead atoms. The van der Waals surface area contributed by atoms with Gasteiger partial charge in [0.1, 0.15) is 5.75 Å². The molecule has 0 radical (unpaired) electrons. The Bertz CT molecular complexity index is 350. The Morgan fingerprint density at radius 2 is 2.00 bits per heavy atom. The second-order valence-corrected chi connectivity index (χ2v) is 4.40. The fourth-order valence-electron chi connectivity index (χ4n) is 1.66. The number of hydrogen-bond acceptors (Lipinski definition) is 3. The van der Waals surface area contributed by atoms with Gasteiger partial charge in [-0.25, -0.2) is 0 Å². The zero-order valence-corrected chi connectivity index (χ0v) is 10.6. The molecular weight excluding hydrogens is 200 g/mol. The van der Waals surface area contributed by atoms with Gasteiger partial charge in [-0.15, -0.1) is 0 Å². The number of benzene rings is 1. The van der Waals surface area contributed by atoms with Crippen molar-refractivity contribution >= 4 is 5.69 Å². The third-order valence-electron chi connectivity index (χ3n) is 3.16. The van der Waals surface area contributed by atoms with Crippen molar-refractivity contribution in [2.24, 2.45) is 5.73 Å². The Labute approximate surface area is 97.9 Å². The van der Waals surface area contributed by atoms with Gasteiger partial charge in [0.15, 0.2) is 0 Å². The maximum atomic E-state index is 9.86. The van der Waals surface area contributed by atoms with Crippen molar-refractivity contribution in [1.29, 1.82) is 0 Å². The Hall–Kier alpha value is -1.22. The Morgan fingerprint density at radius 1 is 1.38 bits per heavy atom. The number of nitrogens with zero attached hydrogens (tertiary/aromatic N) is 1. The second-order valence-electron chi connectivity index (χ2n) is 4.40. The number of hydrogen-bond donors (Lipinski definition) is 2. The van der Waals surface area contributed by atoms with Crippen LogP contribution < -0.4 is 10.6 Å². The van der Waals surface area contributed by atoms with Crippen molar-refractivity contribution in [2.45, 2.75) is 39.3 Å². The highest BCUT2D eigenvalue weighted by molar-refractivity contribution is 5.54. The lowest BCUT2D eigenvalue weighted by molar-refractivity contribution is 0.463. The van der Waals surface area contributed by atoms with Gasteiger partial charge in [-0.05, 0) is 26.3 Å². The van der Waals surface area contributed by atoms with Crippen molar-refractivity contribution in [1.82, 2.24) is 0 Å². The Morgan fingerprint density at radius 3 is 2.44 bits per heavy atom. The van der Waals surface area contributed by atoms with E-state index in [-0.39, 0.29) is 11.8 Å². The van der Waals surface area contributed by atoms with Crippen molar-refractivity contribution in [2.75, 3.05) is 11.9 Å². The normalized spacial score (nSPS) is 14.6. The third-order valence-corrected chi connectivity index (χ3v) is 3.16. The molecule has 1 aromatic rings. The van der Waals surface area contributed by atoms with Crippen molar-refractivity contribution in [3.8, 4) is 5.75 Å². The summed E-state index contributed by atoms with van der Waals surface area (Å²) in [7, 11) is 2.04. The van der Waals surface area contributed by atoms with Gasteiger partial charge in [0.25, 0.3) is 0 Å². The van der Waals surface area contributed by atoms with Crippen molar-refractivity contribution in [3.63, 3.8) is 0 Å². The monoisotopic (exact) mass is 222 g/mol.